The van der Waals surface area contributed by atoms with Crippen LogP contribution in [-0.2, 0) is 19.0 Å². The third-order valence-corrected chi connectivity index (χ3v) is 6.30. The lowest BCUT2D eigenvalue weighted by molar-refractivity contribution is -0.139. The van der Waals surface area contributed by atoms with Gasteiger partial charge in [-0.15, -0.1) is 0 Å². The Morgan fingerprint density at radius 3 is 2.20 bits per heavy atom. The van der Waals surface area contributed by atoms with Crippen LogP contribution in [0.15, 0.2) is 48.5 Å². The van der Waals surface area contributed by atoms with E-state index in [-0.39, 0.29) is 37.9 Å². The number of anilines is 2. The Balaban J connectivity index is 1.28. The predicted octanol–water partition coefficient (Wildman–Crippen LogP) is 5.56. The van der Waals surface area contributed by atoms with Crippen molar-refractivity contribution in [3.63, 3.8) is 0 Å². The molecule has 1 saturated carbocycles. The van der Waals surface area contributed by atoms with Gasteiger partial charge in [-0.05, 0) is 80.0 Å². The number of hydrogen-bond donors (Lipinski definition) is 2. The second-order valence-electron chi connectivity index (χ2n) is 9.64. The molecule has 8 nitrogen and oxygen atoms in total. The summed E-state index contributed by atoms with van der Waals surface area (Å²) in [6.45, 7) is 0.472. The molecule has 0 aromatic heterocycles. The van der Waals surface area contributed by atoms with Crippen LogP contribution in [0.1, 0.15) is 54.4 Å². The fourth-order valence-electron chi connectivity index (χ4n) is 4.24. The fraction of sp³-hybridized carbons (Fsp3) is 0.448. The molecule has 0 heterocycles. The summed E-state index contributed by atoms with van der Waals surface area (Å²) in [4.78, 5) is 24.0. The van der Waals surface area contributed by atoms with E-state index in [2.05, 4.69) is 0 Å². The van der Waals surface area contributed by atoms with Crippen molar-refractivity contribution in [1.29, 1.82) is 0 Å². The van der Waals surface area contributed by atoms with Crippen molar-refractivity contribution in [3.05, 3.63) is 59.7 Å². The van der Waals surface area contributed by atoms with Gasteiger partial charge in [-0.3, -0.25) is 0 Å². The van der Waals surface area contributed by atoms with Crippen LogP contribution < -0.4 is 16.2 Å². The molecule has 0 saturated heterocycles. The zero-order chi connectivity index (χ0) is 29.0. The second kappa shape index (κ2) is 15.2. The van der Waals surface area contributed by atoms with Gasteiger partial charge in [0.25, 0.3) is 0 Å². The van der Waals surface area contributed by atoms with Crippen LogP contribution in [0.5, 0.6) is 5.75 Å². The number of ether oxygens (including phenoxy) is 4. The summed E-state index contributed by atoms with van der Waals surface area (Å²) in [5.74, 6) is -0.126. The molecule has 3 rings (SSSR count). The molecular weight excluding hydrogens is 529 g/mol. The Morgan fingerprint density at radius 2 is 1.55 bits per heavy atom. The maximum absolute atomic E-state index is 12.2. The lowest BCUT2D eigenvalue weighted by atomic mass is 9.88. The molecule has 0 bridgehead atoms. The van der Waals surface area contributed by atoms with Crippen LogP contribution >= 0.6 is 0 Å². The Morgan fingerprint density at radius 1 is 0.900 bits per heavy atom. The number of halogens is 3. The van der Waals surface area contributed by atoms with E-state index in [0.29, 0.717) is 29.6 Å². The summed E-state index contributed by atoms with van der Waals surface area (Å²) >= 11 is 0. The Labute approximate surface area is 231 Å². The molecule has 0 atom stereocenters. The number of benzene rings is 2. The van der Waals surface area contributed by atoms with Crippen LogP contribution in [0.3, 0.4) is 0 Å². The summed E-state index contributed by atoms with van der Waals surface area (Å²) in [6, 6.07) is 11.7. The summed E-state index contributed by atoms with van der Waals surface area (Å²) in [7, 11) is 0. The van der Waals surface area contributed by atoms with Gasteiger partial charge in [-0.25, -0.2) is 9.59 Å². The van der Waals surface area contributed by atoms with Gasteiger partial charge in [0.15, 0.2) is 0 Å². The smallest absolute Gasteiger partial charge is 0.389 e. The van der Waals surface area contributed by atoms with Crippen molar-refractivity contribution in [3.8, 4) is 5.75 Å². The third kappa shape index (κ3) is 11.6. The highest BCUT2D eigenvalue weighted by Gasteiger charge is 2.27. The highest BCUT2D eigenvalue weighted by atomic mass is 19.4. The highest BCUT2D eigenvalue weighted by molar-refractivity contribution is 5.91. The van der Waals surface area contributed by atoms with Crippen molar-refractivity contribution in [2.45, 2.75) is 50.8 Å². The van der Waals surface area contributed by atoms with Crippen LogP contribution in [0.2, 0.25) is 0 Å². The minimum atomic E-state index is -4.13. The number of nitrogens with two attached hydrogens (primary N) is 2. The number of carbonyl (C=O) groups is 2. The molecule has 1 fully saturated rings. The average molecular weight is 565 g/mol. The number of rotatable bonds is 13. The molecular formula is C29H35F3N2O6. The van der Waals surface area contributed by atoms with Crippen molar-refractivity contribution in [2.24, 2.45) is 5.92 Å². The van der Waals surface area contributed by atoms with Gasteiger partial charge in [-0.2, -0.15) is 13.2 Å². The number of esters is 2. The zero-order valence-electron chi connectivity index (χ0n) is 22.2. The van der Waals surface area contributed by atoms with E-state index in [1.165, 1.54) is 24.3 Å². The maximum Gasteiger partial charge on any atom is 0.389 e. The Kier molecular flexibility index (Phi) is 11.7. The lowest BCUT2D eigenvalue weighted by Gasteiger charge is -2.28. The normalized spacial score (nSPS) is 17.5. The van der Waals surface area contributed by atoms with Gasteiger partial charge in [0.05, 0.1) is 18.3 Å². The molecule has 4 N–H and O–H groups in total. The van der Waals surface area contributed by atoms with E-state index >= 15 is 0 Å². The van der Waals surface area contributed by atoms with E-state index in [1.54, 1.807) is 6.08 Å². The Bertz CT molecular complexity index is 1110. The van der Waals surface area contributed by atoms with Crippen LogP contribution in [0, 0.1) is 5.92 Å². The molecule has 2 aromatic carbocycles. The summed E-state index contributed by atoms with van der Waals surface area (Å²) < 4.78 is 58.2. The standard InChI is InChI=1S/C29H35F3N2O6/c30-29(31,32)12-1-13-37-25-9-4-21(5-10-25)19-40-26-7-2-20(3-8-26)6-11-27(35)38-14-15-39-28(36)22-16-23(33)18-24(34)17-22/h2-3,6-8,11,16-18,21,25H,1,4-5,9-10,12-15,19,33-34H2. The van der Waals surface area contributed by atoms with E-state index in [9.17, 15) is 22.8 Å². The lowest BCUT2D eigenvalue weighted by Crippen LogP contribution is -2.25. The fourth-order valence-corrected chi connectivity index (χ4v) is 4.24. The quantitative estimate of drug-likeness (QED) is 0.140. The molecule has 0 spiro atoms. The summed E-state index contributed by atoms with van der Waals surface area (Å²) in [5.41, 5.74) is 13.0. The molecule has 11 heteroatoms. The molecule has 0 amide bonds. The monoisotopic (exact) mass is 564 g/mol. The van der Waals surface area contributed by atoms with Crippen molar-refractivity contribution < 1.29 is 41.7 Å². The molecule has 0 radical (unpaired) electrons. The van der Waals surface area contributed by atoms with Crippen molar-refractivity contribution in [1.82, 2.24) is 0 Å². The molecule has 1 aliphatic carbocycles. The largest absolute Gasteiger partial charge is 0.493 e. The number of hydrogen-bond acceptors (Lipinski definition) is 8. The van der Waals surface area contributed by atoms with Gasteiger partial charge in [0, 0.05) is 30.5 Å². The molecule has 0 aliphatic heterocycles. The molecule has 1 aliphatic rings. The van der Waals surface area contributed by atoms with Crippen LogP contribution in [-0.4, -0.2) is 50.6 Å². The van der Waals surface area contributed by atoms with E-state index in [0.717, 1.165) is 31.2 Å². The van der Waals surface area contributed by atoms with E-state index in [1.807, 2.05) is 24.3 Å². The first-order chi connectivity index (χ1) is 19.1. The summed E-state index contributed by atoms with van der Waals surface area (Å²) in [6.07, 6.45) is 1.40. The van der Waals surface area contributed by atoms with Gasteiger partial charge >= 0.3 is 18.1 Å². The van der Waals surface area contributed by atoms with Gasteiger partial charge in [-0.1, -0.05) is 12.1 Å². The van der Waals surface area contributed by atoms with Crippen molar-refractivity contribution in [2.75, 3.05) is 37.9 Å². The molecule has 40 heavy (non-hydrogen) atoms. The maximum atomic E-state index is 12.2. The number of nitrogen functional groups attached to an aromatic ring is 2. The van der Waals surface area contributed by atoms with E-state index < -0.39 is 24.5 Å². The molecule has 218 valence electrons. The molecule has 0 unspecified atom stereocenters. The van der Waals surface area contributed by atoms with Crippen molar-refractivity contribution >= 4 is 29.4 Å². The van der Waals surface area contributed by atoms with Crippen LogP contribution in [0.25, 0.3) is 6.08 Å². The first-order valence-corrected chi connectivity index (χ1v) is 13.2. The number of carbonyl (C=O) groups excluding carboxylic acids is 2. The van der Waals surface area contributed by atoms with Crippen LogP contribution in [0.4, 0.5) is 24.5 Å². The average Bonchev–Trinajstić information content (AvgIpc) is 2.91. The predicted molar refractivity (Wildman–Crippen MR) is 144 cm³/mol. The minimum absolute atomic E-state index is 0.00166. The first-order valence-electron chi connectivity index (χ1n) is 13.2. The van der Waals surface area contributed by atoms with Gasteiger partial charge in [0.2, 0.25) is 0 Å². The molecule has 2 aromatic rings. The van der Waals surface area contributed by atoms with Gasteiger partial charge in [0.1, 0.15) is 19.0 Å². The topological polar surface area (TPSA) is 123 Å². The second-order valence-corrected chi connectivity index (χ2v) is 9.64. The van der Waals surface area contributed by atoms with Gasteiger partial charge < -0.3 is 30.4 Å². The van der Waals surface area contributed by atoms with E-state index in [4.69, 9.17) is 30.4 Å². The zero-order valence-corrected chi connectivity index (χ0v) is 22.2. The minimum Gasteiger partial charge on any atom is -0.493 e. The third-order valence-electron chi connectivity index (χ3n) is 6.30. The Hall–Kier alpha value is -3.73. The summed E-state index contributed by atoms with van der Waals surface area (Å²) in [5, 5.41) is 0. The highest BCUT2D eigenvalue weighted by Crippen LogP contribution is 2.28. The number of alkyl halides is 3. The SMILES string of the molecule is Nc1cc(N)cc(C(=O)OCCOC(=O)C=Cc2ccc(OCC3CCC(OCCCC(F)(F)F)CC3)cc2)c1. The first kappa shape index (κ1) is 30.8.